The zero-order chi connectivity index (χ0) is 12.4. The molecule has 1 fully saturated rings. The van der Waals surface area contributed by atoms with Gasteiger partial charge >= 0.3 is 0 Å². The third-order valence-corrected chi connectivity index (χ3v) is 3.71. The maximum absolute atomic E-state index is 11.4. The van der Waals surface area contributed by atoms with Gasteiger partial charge in [0.1, 0.15) is 11.9 Å². The standard InChI is InChI=1S/C11H15BrN4O/c1-7-8(12)2-3-10(15-7)16-5-4-14-6-9(16)11(13)17/h2-3,9,14H,4-6H2,1H3,(H2,13,17). The Morgan fingerprint density at radius 1 is 1.65 bits per heavy atom. The van der Waals surface area contributed by atoms with Crippen LogP contribution in [-0.2, 0) is 4.79 Å². The summed E-state index contributed by atoms with van der Waals surface area (Å²) in [5, 5.41) is 3.16. The van der Waals surface area contributed by atoms with Crippen molar-refractivity contribution in [2.75, 3.05) is 24.5 Å². The van der Waals surface area contributed by atoms with Crippen LogP contribution in [0.2, 0.25) is 0 Å². The van der Waals surface area contributed by atoms with Gasteiger partial charge in [0, 0.05) is 24.1 Å². The first-order chi connectivity index (χ1) is 8.09. The second-order valence-corrected chi connectivity index (χ2v) is 4.91. The molecule has 1 aromatic rings. The predicted molar refractivity (Wildman–Crippen MR) is 69.9 cm³/mol. The molecule has 1 saturated heterocycles. The summed E-state index contributed by atoms with van der Waals surface area (Å²) in [6.45, 7) is 4.07. The van der Waals surface area contributed by atoms with Crippen LogP contribution >= 0.6 is 15.9 Å². The minimum absolute atomic E-state index is 0.320. The van der Waals surface area contributed by atoms with Crippen molar-refractivity contribution in [1.82, 2.24) is 10.3 Å². The molecule has 0 bridgehead atoms. The molecule has 0 radical (unpaired) electrons. The average Bonchev–Trinajstić information content (AvgIpc) is 2.32. The Labute approximate surface area is 109 Å². The second-order valence-electron chi connectivity index (χ2n) is 4.05. The minimum Gasteiger partial charge on any atom is -0.368 e. The normalized spacial score (nSPS) is 20.4. The number of nitrogens with zero attached hydrogens (tertiary/aromatic N) is 2. The fraction of sp³-hybridized carbons (Fsp3) is 0.455. The quantitative estimate of drug-likeness (QED) is 0.830. The maximum atomic E-state index is 11.4. The molecule has 1 atom stereocenters. The lowest BCUT2D eigenvalue weighted by atomic mass is 10.2. The summed E-state index contributed by atoms with van der Waals surface area (Å²) >= 11 is 3.41. The molecule has 0 saturated carbocycles. The molecule has 92 valence electrons. The Balaban J connectivity index is 2.29. The van der Waals surface area contributed by atoms with Gasteiger partial charge in [-0.2, -0.15) is 0 Å². The lowest BCUT2D eigenvalue weighted by Gasteiger charge is -2.35. The van der Waals surface area contributed by atoms with Gasteiger partial charge in [0.25, 0.3) is 0 Å². The van der Waals surface area contributed by atoms with E-state index in [1.807, 2.05) is 24.0 Å². The molecule has 0 aliphatic carbocycles. The van der Waals surface area contributed by atoms with Gasteiger partial charge in [-0.3, -0.25) is 4.79 Å². The number of aryl methyl sites for hydroxylation is 1. The number of primary amides is 1. The number of aromatic nitrogens is 1. The SMILES string of the molecule is Cc1nc(N2CCNCC2C(N)=O)ccc1Br. The molecule has 5 nitrogen and oxygen atoms in total. The Bertz CT molecular complexity index is 437. The van der Waals surface area contributed by atoms with Crippen LogP contribution in [0.25, 0.3) is 0 Å². The number of carbonyl (C=O) groups is 1. The van der Waals surface area contributed by atoms with Crippen molar-refractivity contribution >= 4 is 27.7 Å². The molecule has 1 aliphatic heterocycles. The first-order valence-corrected chi connectivity index (χ1v) is 6.28. The van der Waals surface area contributed by atoms with Crippen LogP contribution < -0.4 is 16.0 Å². The van der Waals surface area contributed by atoms with Crippen molar-refractivity contribution in [2.24, 2.45) is 5.73 Å². The van der Waals surface area contributed by atoms with Crippen molar-refractivity contribution in [1.29, 1.82) is 0 Å². The highest BCUT2D eigenvalue weighted by Gasteiger charge is 2.27. The molecule has 6 heteroatoms. The van der Waals surface area contributed by atoms with E-state index in [0.717, 1.165) is 29.1 Å². The van der Waals surface area contributed by atoms with Gasteiger partial charge in [-0.1, -0.05) is 0 Å². The van der Waals surface area contributed by atoms with Crippen LogP contribution in [0, 0.1) is 6.92 Å². The fourth-order valence-electron chi connectivity index (χ4n) is 1.92. The average molecular weight is 299 g/mol. The van der Waals surface area contributed by atoms with Gasteiger partial charge < -0.3 is 16.0 Å². The van der Waals surface area contributed by atoms with E-state index in [2.05, 4.69) is 26.2 Å². The molecule has 1 aliphatic rings. The van der Waals surface area contributed by atoms with E-state index in [1.54, 1.807) is 0 Å². The number of amides is 1. The number of piperazine rings is 1. The summed E-state index contributed by atoms with van der Waals surface area (Å²) in [5.41, 5.74) is 6.31. The molecule has 3 N–H and O–H groups in total. The van der Waals surface area contributed by atoms with Gasteiger partial charge in [0.15, 0.2) is 0 Å². The van der Waals surface area contributed by atoms with E-state index in [0.29, 0.717) is 6.54 Å². The molecule has 1 unspecified atom stereocenters. The molecule has 0 spiro atoms. The highest BCUT2D eigenvalue weighted by atomic mass is 79.9. The summed E-state index contributed by atoms with van der Waals surface area (Å²) < 4.78 is 0.965. The zero-order valence-electron chi connectivity index (χ0n) is 9.61. The predicted octanol–water partition coefficient (Wildman–Crippen LogP) is 0.416. The molecule has 2 heterocycles. The lowest BCUT2D eigenvalue weighted by Crippen LogP contribution is -2.57. The number of hydrogen-bond donors (Lipinski definition) is 2. The highest BCUT2D eigenvalue weighted by molar-refractivity contribution is 9.10. The zero-order valence-corrected chi connectivity index (χ0v) is 11.2. The topological polar surface area (TPSA) is 71.2 Å². The number of nitrogens with two attached hydrogens (primary N) is 1. The molecular formula is C11H15BrN4O. The number of rotatable bonds is 2. The molecule has 2 rings (SSSR count). The van der Waals surface area contributed by atoms with Crippen LogP contribution in [0.15, 0.2) is 16.6 Å². The fourth-order valence-corrected chi connectivity index (χ4v) is 2.14. The van der Waals surface area contributed by atoms with Crippen LogP contribution in [0.1, 0.15) is 5.69 Å². The number of carbonyl (C=O) groups excluding carboxylic acids is 1. The van der Waals surface area contributed by atoms with Crippen LogP contribution in [0.3, 0.4) is 0 Å². The second kappa shape index (κ2) is 5.01. The Morgan fingerprint density at radius 2 is 2.41 bits per heavy atom. The Hall–Kier alpha value is -1.14. The summed E-state index contributed by atoms with van der Waals surface area (Å²) in [6, 6.07) is 3.52. The smallest absolute Gasteiger partial charge is 0.241 e. The van der Waals surface area contributed by atoms with Crippen molar-refractivity contribution in [3.63, 3.8) is 0 Å². The van der Waals surface area contributed by atoms with E-state index in [-0.39, 0.29) is 11.9 Å². The first kappa shape index (κ1) is 12.3. The lowest BCUT2D eigenvalue weighted by molar-refractivity contribution is -0.119. The van der Waals surface area contributed by atoms with Crippen LogP contribution in [-0.4, -0.2) is 36.6 Å². The van der Waals surface area contributed by atoms with Gasteiger partial charge in [0.05, 0.1) is 5.69 Å². The minimum atomic E-state index is -0.322. The molecule has 17 heavy (non-hydrogen) atoms. The maximum Gasteiger partial charge on any atom is 0.241 e. The van der Waals surface area contributed by atoms with Crippen LogP contribution in [0.4, 0.5) is 5.82 Å². The Kier molecular flexibility index (Phi) is 3.63. The van der Waals surface area contributed by atoms with Crippen molar-refractivity contribution < 1.29 is 4.79 Å². The molecular weight excluding hydrogens is 284 g/mol. The summed E-state index contributed by atoms with van der Waals surface area (Å²) in [5.74, 6) is 0.482. The number of halogens is 1. The van der Waals surface area contributed by atoms with E-state index in [9.17, 15) is 4.79 Å². The van der Waals surface area contributed by atoms with Crippen LogP contribution in [0.5, 0.6) is 0 Å². The van der Waals surface area contributed by atoms with E-state index < -0.39 is 0 Å². The molecule has 1 amide bonds. The number of pyridine rings is 1. The first-order valence-electron chi connectivity index (χ1n) is 5.49. The van der Waals surface area contributed by atoms with E-state index >= 15 is 0 Å². The van der Waals surface area contributed by atoms with Crippen molar-refractivity contribution in [3.8, 4) is 0 Å². The third-order valence-electron chi connectivity index (χ3n) is 2.87. The number of anilines is 1. The summed E-state index contributed by atoms with van der Waals surface area (Å²) in [6.07, 6.45) is 0. The summed E-state index contributed by atoms with van der Waals surface area (Å²) in [4.78, 5) is 17.8. The molecule has 1 aromatic heterocycles. The Morgan fingerprint density at radius 3 is 3.06 bits per heavy atom. The van der Waals surface area contributed by atoms with E-state index in [1.165, 1.54) is 0 Å². The van der Waals surface area contributed by atoms with Crippen molar-refractivity contribution in [2.45, 2.75) is 13.0 Å². The van der Waals surface area contributed by atoms with Gasteiger partial charge in [-0.25, -0.2) is 4.98 Å². The van der Waals surface area contributed by atoms with Gasteiger partial charge in [-0.05, 0) is 35.0 Å². The monoisotopic (exact) mass is 298 g/mol. The van der Waals surface area contributed by atoms with Crippen molar-refractivity contribution in [3.05, 3.63) is 22.3 Å². The molecule has 0 aromatic carbocycles. The van der Waals surface area contributed by atoms with Gasteiger partial charge in [0.2, 0.25) is 5.91 Å². The number of hydrogen-bond acceptors (Lipinski definition) is 4. The van der Waals surface area contributed by atoms with Gasteiger partial charge in [-0.15, -0.1) is 0 Å². The summed E-state index contributed by atoms with van der Waals surface area (Å²) in [7, 11) is 0. The highest BCUT2D eigenvalue weighted by Crippen LogP contribution is 2.21. The number of nitrogens with one attached hydrogen (secondary N) is 1. The largest absolute Gasteiger partial charge is 0.368 e. The van der Waals surface area contributed by atoms with E-state index in [4.69, 9.17) is 5.73 Å². The third kappa shape index (κ3) is 2.58.